The molecule has 0 aromatic rings. The Morgan fingerprint density at radius 2 is 0.833 bits per heavy atom. The Morgan fingerprint density at radius 3 is 1.31 bits per heavy atom. The first-order chi connectivity index (χ1) is 26.3. The van der Waals surface area contributed by atoms with E-state index in [1.807, 2.05) is 0 Å². The first-order valence-corrected chi connectivity index (χ1v) is 23.1. The van der Waals surface area contributed by atoms with Gasteiger partial charge in [-0.2, -0.15) is 0 Å². The molecule has 0 aliphatic carbocycles. The number of ether oxygens (including phenoxy) is 2. The Hall–Kier alpha value is -2.25. The molecule has 0 saturated carbocycles. The molecule has 0 unspecified atom stereocenters. The maximum Gasteiger partial charge on any atom is 0.469 e. The Kier molecular flexibility index (Phi) is 38.7. The van der Waals surface area contributed by atoms with Crippen LogP contribution in [0.4, 0.5) is 0 Å². The van der Waals surface area contributed by atoms with Crippen molar-refractivity contribution in [2.75, 3.05) is 13.2 Å². The van der Waals surface area contributed by atoms with Crippen molar-refractivity contribution in [2.45, 2.75) is 200 Å². The average molecular weight is 779 g/mol. The lowest BCUT2D eigenvalue weighted by atomic mass is 10.1. The zero-order valence-electron chi connectivity index (χ0n) is 34.4. The SMILES string of the molecule is CCCCC/C=C/C/C=C/C/C=C/C/C=C/CCCCCC(=O)OC[C@H](COP(=O)(O)O)OC(=O)CCCCCCCCCCC/C=C/CCCCCC. The molecule has 2 N–H and O–H groups in total. The van der Waals surface area contributed by atoms with Gasteiger partial charge in [-0.1, -0.05) is 158 Å². The van der Waals surface area contributed by atoms with Gasteiger partial charge in [0.2, 0.25) is 0 Å². The van der Waals surface area contributed by atoms with Crippen LogP contribution in [0.2, 0.25) is 0 Å². The zero-order valence-corrected chi connectivity index (χ0v) is 35.2. The monoisotopic (exact) mass is 779 g/mol. The highest BCUT2D eigenvalue weighted by Crippen LogP contribution is 2.36. The molecule has 0 heterocycles. The standard InChI is InChI=1S/C45H79O8P/c1-3-5-7-9-11-13-15-17-19-21-22-24-25-27-29-31-33-35-37-39-44(46)51-41-43(42-52-54(48,49)50)53-45(47)40-38-36-34-32-30-28-26-23-20-18-16-14-12-10-8-6-4-2/h11,13-14,16-17,19,22,24,27,29,43H,3-10,12,15,18,20-21,23,25-26,28,30-42H2,1-2H3,(H2,48,49,50)/b13-11+,16-14+,19-17+,24-22+,29-27+/t43-/m1/s1. The van der Waals surface area contributed by atoms with Crippen molar-refractivity contribution in [3.8, 4) is 0 Å². The number of unbranched alkanes of at least 4 members (excludes halogenated alkanes) is 19. The van der Waals surface area contributed by atoms with Gasteiger partial charge in [-0.3, -0.25) is 14.1 Å². The summed E-state index contributed by atoms with van der Waals surface area (Å²) < 4.78 is 26.4. The van der Waals surface area contributed by atoms with Gasteiger partial charge < -0.3 is 19.3 Å². The van der Waals surface area contributed by atoms with Gasteiger partial charge in [0.15, 0.2) is 6.10 Å². The number of carbonyl (C=O) groups is 2. The van der Waals surface area contributed by atoms with E-state index in [9.17, 15) is 14.2 Å². The third-order valence-corrected chi connectivity index (χ3v) is 9.49. The number of rotatable bonds is 39. The minimum atomic E-state index is -4.76. The van der Waals surface area contributed by atoms with Gasteiger partial charge in [-0.25, -0.2) is 4.57 Å². The van der Waals surface area contributed by atoms with Crippen molar-refractivity contribution < 1.29 is 37.9 Å². The van der Waals surface area contributed by atoms with Crippen LogP contribution in [0.15, 0.2) is 60.8 Å². The second-order valence-corrected chi connectivity index (χ2v) is 15.5. The summed E-state index contributed by atoms with van der Waals surface area (Å²) in [6.45, 7) is 3.62. The van der Waals surface area contributed by atoms with Crippen LogP contribution in [0.25, 0.3) is 0 Å². The molecular weight excluding hydrogens is 699 g/mol. The fraction of sp³-hybridized carbons (Fsp3) is 0.733. The fourth-order valence-electron chi connectivity index (χ4n) is 5.76. The Labute approximate surface area is 330 Å². The number of allylic oxidation sites excluding steroid dienone is 10. The van der Waals surface area contributed by atoms with Gasteiger partial charge in [0.1, 0.15) is 6.61 Å². The number of hydrogen-bond donors (Lipinski definition) is 2. The Morgan fingerprint density at radius 1 is 0.481 bits per heavy atom. The molecule has 0 aromatic carbocycles. The van der Waals surface area contributed by atoms with Gasteiger partial charge in [0.25, 0.3) is 0 Å². The summed E-state index contributed by atoms with van der Waals surface area (Å²) in [6, 6.07) is 0. The Bertz CT molecular complexity index is 1060. The van der Waals surface area contributed by atoms with Gasteiger partial charge in [0.05, 0.1) is 6.61 Å². The molecule has 1 atom stereocenters. The molecule has 0 aliphatic heterocycles. The zero-order chi connectivity index (χ0) is 39.6. The van der Waals surface area contributed by atoms with E-state index in [4.69, 9.17) is 19.3 Å². The summed E-state index contributed by atoms with van der Waals surface area (Å²) in [6.07, 6.45) is 50.8. The molecule has 0 saturated heterocycles. The highest BCUT2D eigenvalue weighted by molar-refractivity contribution is 7.46. The normalized spacial score (nSPS) is 13.0. The molecule has 0 aliphatic rings. The maximum absolute atomic E-state index is 12.4. The van der Waals surface area contributed by atoms with Crippen LogP contribution in [0, 0.1) is 0 Å². The third kappa shape index (κ3) is 42.5. The average Bonchev–Trinajstić information content (AvgIpc) is 3.14. The molecule has 0 aromatic heterocycles. The second kappa shape index (κ2) is 40.4. The quantitative estimate of drug-likeness (QED) is 0.0274. The van der Waals surface area contributed by atoms with E-state index in [0.29, 0.717) is 12.8 Å². The van der Waals surface area contributed by atoms with Crippen molar-refractivity contribution in [3.05, 3.63) is 60.8 Å². The number of phosphoric acid groups is 1. The van der Waals surface area contributed by atoms with Crippen LogP contribution in [-0.2, 0) is 28.2 Å². The Balaban J connectivity index is 3.98. The minimum absolute atomic E-state index is 0.200. The molecule has 0 bridgehead atoms. The topological polar surface area (TPSA) is 119 Å². The highest BCUT2D eigenvalue weighted by atomic mass is 31.2. The molecule has 312 valence electrons. The third-order valence-electron chi connectivity index (χ3n) is 9.01. The first kappa shape index (κ1) is 51.8. The number of carbonyl (C=O) groups excluding carboxylic acids is 2. The second-order valence-electron chi connectivity index (χ2n) is 14.3. The van der Waals surface area contributed by atoms with E-state index in [1.165, 1.54) is 96.3 Å². The van der Waals surface area contributed by atoms with Crippen LogP contribution >= 0.6 is 7.82 Å². The van der Waals surface area contributed by atoms with E-state index < -0.39 is 32.5 Å². The number of phosphoric ester groups is 1. The van der Waals surface area contributed by atoms with Crippen molar-refractivity contribution >= 4 is 19.8 Å². The summed E-state index contributed by atoms with van der Waals surface area (Å²) in [5, 5.41) is 0. The lowest BCUT2D eigenvalue weighted by Gasteiger charge is -2.18. The molecular formula is C45H79O8P. The van der Waals surface area contributed by atoms with Crippen LogP contribution in [-0.4, -0.2) is 41.0 Å². The van der Waals surface area contributed by atoms with E-state index in [2.05, 4.69) is 79.1 Å². The van der Waals surface area contributed by atoms with Crippen LogP contribution in [0.5, 0.6) is 0 Å². The molecule has 9 heteroatoms. The fourth-order valence-corrected chi connectivity index (χ4v) is 6.12. The summed E-state index contributed by atoms with van der Waals surface area (Å²) in [5.74, 6) is -0.924. The van der Waals surface area contributed by atoms with Crippen molar-refractivity contribution in [3.63, 3.8) is 0 Å². The van der Waals surface area contributed by atoms with Crippen molar-refractivity contribution in [2.24, 2.45) is 0 Å². The molecule has 54 heavy (non-hydrogen) atoms. The summed E-state index contributed by atoms with van der Waals surface area (Å²) in [5.41, 5.74) is 0. The lowest BCUT2D eigenvalue weighted by Crippen LogP contribution is -2.29. The molecule has 8 nitrogen and oxygen atoms in total. The minimum Gasteiger partial charge on any atom is -0.462 e. The summed E-state index contributed by atoms with van der Waals surface area (Å²) in [4.78, 5) is 42.9. The molecule has 0 fully saturated rings. The summed E-state index contributed by atoms with van der Waals surface area (Å²) >= 11 is 0. The molecule has 0 rings (SSSR count). The first-order valence-electron chi connectivity index (χ1n) is 21.6. The highest BCUT2D eigenvalue weighted by Gasteiger charge is 2.22. The molecule has 0 radical (unpaired) electrons. The predicted octanol–water partition coefficient (Wildman–Crippen LogP) is 13.3. The summed E-state index contributed by atoms with van der Waals surface area (Å²) in [7, 11) is -4.76. The van der Waals surface area contributed by atoms with Gasteiger partial charge in [0, 0.05) is 12.8 Å². The van der Waals surface area contributed by atoms with E-state index in [1.54, 1.807) is 0 Å². The van der Waals surface area contributed by atoms with Crippen LogP contribution in [0.3, 0.4) is 0 Å². The maximum atomic E-state index is 12.4. The molecule has 0 amide bonds. The van der Waals surface area contributed by atoms with Crippen molar-refractivity contribution in [1.29, 1.82) is 0 Å². The van der Waals surface area contributed by atoms with E-state index >= 15 is 0 Å². The van der Waals surface area contributed by atoms with Gasteiger partial charge in [-0.15, -0.1) is 0 Å². The van der Waals surface area contributed by atoms with Gasteiger partial charge in [-0.05, 0) is 83.5 Å². The predicted molar refractivity (Wildman–Crippen MR) is 225 cm³/mol. The largest absolute Gasteiger partial charge is 0.469 e. The smallest absolute Gasteiger partial charge is 0.462 e. The van der Waals surface area contributed by atoms with Crippen LogP contribution < -0.4 is 0 Å². The lowest BCUT2D eigenvalue weighted by molar-refractivity contribution is -0.161. The molecule has 0 spiro atoms. The number of hydrogen-bond acceptors (Lipinski definition) is 6. The van der Waals surface area contributed by atoms with Gasteiger partial charge >= 0.3 is 19.8 Å². The number of esters is 2. The van der Waals surface area contributed by atoms with E-state index in [-0.39, 0.29) is 19.4 Å². The van der Waals surface area contributed by atoms with E-state index in [0.717, 1.165) is 57.8 Å². The van der Waals surface area contributed by atoms with Crippen molar-refractivity contribution in [1.82, 2.24) is 0 Å². The van der Waals surface area contributed by atoms with Crippen LogP contribution in [0.1, 0.15) is 194 Å².